The quantitative estimate of drug-likeness (QED) is 0.897. The van der Waals surface area contributed by atoms with Crippen LogP contribution in [0, 0.1) is 19.8 Å². The Morgan fingerprint density at radius 1 is 1.30 bits per heavy atom. The van der Waals surface area contributed by atoms with Crippen molar-refractivity contribution in [2.45, 2.75) is 20.3 Å². The zero-order valence-corrected chi connectivity index (χ0v) is 13.8. The van der Waals surface area contributed by atoms with E-state index in [0.29, 0.717) is 18.0 Å². The van der Waals surface area contributed by atoms with Crippen LogP contribution >= 0.6 is 0 Å². The fourth-order valence-corrected chi connectivity index (χ4v) is 3.90. The summed E-state index contributed by atoms with van der Waals surface area (Å²) in [4.78, 5) is 22.6. The third-order valence-corrected chi connectivity index (χ3v) is 4.88. The highest BCUT2D eigenvalue weighted by Gasteiger charge is 2.33. The number of hydrogen-bond acceptors (Lipinski definition) is 5. The van der Waals surface area contributed by atoms with Crippen molar-refractivity contribution in [2.75, 3.05) is 17.2 Å². The highest BCUT2D eigenvalue weighted by Crippen LogP contribution is 2.26. The molecule has 1 amide bonds. The van der Waals surface area contributed by atoms with E-state index >= 15 is 0 Å². The van der Waals surface area contributed by atoms with Gasteiger partial charge >= 0.3 is 0 Å². The molecule has 0 saturated carbocycles. The van der Waals surface area contributed by atoms with Gasteiger partial charge in [0, 0.05) is 30.0 Å². The predicted octanol–water partition coefficient (Wildman–Crippen LogP) is 0.888. The van der Waals surface area contributed by atoms with E-state index in [4.69, 9.17) is 5.14 Å². The Bertz CT molecular complexity index is 895. The summed E-state index contributed by atoms with van der Waals surface area (Å²) in [6.45, 7) is 4.18. The van der Waals surface area contributed by atoms with E-state index in [0.717, 1.165) is 16.6 Å². The average molecular weight is 334 g/mol. The second kappa shape index (κ2) is 5.54. The summed E-state index contributed by atoms with van der Waals surface area (Å²) < 4.78 is 22.4. The van der Waals surface area contributed by atoms with Gasteiger partial charge in [0.05, 0.1) is 5.75 Å². The molecule has 2 N–H and O–H groups in total. The number of sulfonamides is 1. The first kappa shape index (κ1) is 15.8. The minimum Gasteiger partial charge on any atom is -0.296 e. The van der Waals surface area contributed by atoms with Crippen molar-refractivity contribution in [3.05, 3.63) is 29.5 Å². The molecule has 1 saturated heterocycles. The summed E-state index contributed by atoms with van der Waals surface area (Å²) in [5, 5.41) is 6.01. The number of aryl methyl sites for hydroxylation is 2. The second-order valence-corrected chi connectivity index (χ2v) is 7.68. The van der Waals surface area contributed by atoms with Crippen LogP contribution in [0.1, 0.15) is 17.7 Å². The molecular formula is C15H18N4O3S. The van der Waals surface area contributed by atoms with E-state index in [2.05, 4.69) is 9.97 Å². The molecule has 3 rings (SSSR count). The van der Waals surface area contributed by atoms with Crippen molar-refractivity contribution in [3.63, 3.8) is 0 Å². The van der Waals surface area contributed by atoms with Crippen LogP contribution in [0.2, 0.25) is 0 Å². The molecule has 1 unspecified atom stereocenters. The lowest BCUT2D eigenvalue weighted by Gasteiger charge is -2.16. The average Bonchev–Trinajstić information content (AvgIpc) is 2.76. The van der Waals surface area contributed by atoms with Gasteiger partial charge in [0.25, 0.3) is 0 Å². The maximum atomic E-state index is 12.2. The number of carbonyl (C=O) groups is 1. The van der Waals surface area contributed by atoms with Gasteiger partial charge in [0.1, 0.15) is 5.82 Å². The molecule has 23 heavy (non-hydrogen) atoms. The number of nitrogens with two attached hydrogens (primary N) is 1. The predicted molar refractivity (Wildman–Crippen MR) is 87.4 cm³/mol. The number of primary sulfonamides is 1. The maximum absolute atomic E-state index is 12.2. The molecule has 3 heterocycles. The van der Waals surface area contributed by atoms with Crippen molar-refractivity contribution in [1.29, 1.82) is 0 Å². The number of aromatic nitrogens is 2. The number of rotatable bonds is 3. The van der Waals surface area contributed by atoms with Crippen LogP contribution in [0.4, 0.5) is 5.82 Å². The van der Waals surface area contributed by atoms with Crippen LogP contribution in [0.25, 0.3) is 11.0 Å². The van der Waals surface area contributed by atoms with Crippen LogP contribution in [-0.2, 0) is 14.8 Å². The van der Waals surface area contributed by atoms with Gasteiger partial charge in [-0.2, -0.15) is 0 Å². The van der Waals surface area contributed by atoms with Crippen LogP contribution in [-0.4, -0.2) is 36.6 Å². The fraction of sp³-hybridized carbons (Fsp3) is 0.400. The Morgan fingerprint density at radius 2 is 2.04 bits per heavy atom. The maximum Gasteiger partial charge on any atom is 0.228 e. The van der Waals surface area contributed by atoms with Crippen molar-refractivity contribution < 1.29 is 13.2 Å². The zero-order valence-electron chi connectivity index (χ0n) is 13.0. The van der Waals surface area contributed by atoms with Crippen molar-refractivity contribution in [1.82, 2.24) is 9.97 Å². The second-order valence-electron chi connectivity index (χ2n) is 6.03. The lowest BCUT2D eigenvalue weighted by Crippen LogP contribution is -2.28. The molecule has 0 spiro atoms. The number of carbonyl (C=O) groups excluding carboxylic acids is 1. The standard InChI is InChI=1S/C15H18N4O3S/c1-9-5-10(2)17-15-12(9)3-4-13(18-15)19-7-11(6-14(19)20)8-23(16,21)22/h3-5,11H,6-8H2,1-2H3,(H2,16,21,22). The third-order valence-electron chi connectivity index (χ3n) is 3.94. The molecule has 2 aromatic rings. The van der Waals surface area contributed by atoms with Gasteiger partial charge in [0.2, 0.25) is 15.9 Å². The molecule has 7 nitrogen and oxygen atoms in total. The number of anilines is 1. The van der Waals surface area contributed by atoms with Gasteiger partial charge in [-0.1, -0.05) is 0 Å². The Labute approximate surface area is 134 Å². The number of pyridine rings is 2. The van der Waals surface area contributed by atoms with Crippen molar-refractivity contribution in [3.8, 4) is 0 Å². The van der Waals surface area contributed by atoms with Crippen LogP contribution in [0.5, 0.6) is 0 Å². The van der Waals surface area contributed by atoms with E-state index in [1.807, 2.05) is 26.0 Å². The van der Waals surface area contributed by atoms with Crippen molar-refractivity contribution >= 4 is 32.8 Å². The Morgan fingerprint density at radius 3 is 2.74 bits per heavy atom. The van der Waals surface area contributed by atoms with E-state index in [1.54, 1.807) is 6.07 Å². The Hall–Kier alpha value is -2.06. The molecule has 1 fully saturated rings. The number of amides is 1. The smallest absolute Gasteiger partial charge is 0.228 e. The van der Waals surface area contributed by atoms with Gasteiger partial charge in [0.15, 0.2) is 5.65 Å². The van der Waals surface area contributed by atoms with Gasteiger partial charge in [-0.05, 0) is 37.6 Å². The molecule has 2 aromatic heterocycles. The van der Waals surface area contributed by atoms with Gasteiger partial charge in [-0.15, -0.1) is 0 Å². The molecule has 0 aliphatic carbocycles. The SMILES string of the molecule is Cc1cc(C)c2ccc(N3CC(CS(N)(=O)=O)CC3=O)nc2n1. The molecular weight excluding hydrogens is 316 g/mol. The Balaban J connectivity index is 1.93. The monoisotopic (exact) mass is 334 g/mol. The molecule has 0 aromatic carbocycles. The zero-order chi connectivity index (χ0) is 16.8. The first-order valence-electron chi connectivity index (χ1n) is 7.29. The van der Waals surface area contributed by atoms with Crippen LogP contribution in [0.15, 0.2) is 18.2 Å². The molecule has 0 bridgehead atoms. The first-order valence-corrected chi connectivity index (χ1v) is 9.00. The fourth-order valence-electron chi connectivity index (χ4n) is 3.02. The molecule has 1 aliphatic rings. The van der Waals surface area contributed by atoms with Crippen LogP contribution in [0.3, 0.4) is 0 Å². The van der Waals surface area contributed by atoms with Crippen LogP contribution < -0.4 is 10.0 Å². The minimum atomic E-state index is -3.59. The normalized spacial score (nSPS) is 18.8. The molecule has 1 atom stereocenters. The molecule has 8 heteroatoms. The topological polar surface area (TPSA) is 106 Å². The number of nitrogens with zero attached hydrogens (tertiary/aromatic N) is 3. The van der Waals surface area contributed by atoms with Crippen molar-refractivity contribution in [2.24, 2.45) is 11.1 Å². The Kier molecular flexibility index (Phi) is 3.81. The summed E-state index contributed by atoms with van der Waals surface area (Å²) in [7, 11) is -3.59. The third kappa shape index (κ3) is 3.32. The summed E-state index contributed by atoms with van der Waals surface area (Å²) >= 11 is 0. The van der Waals surface area contributed by atoms with E-state index in [-0.39, 0.29) is 24.0 Å². The molecule has 0 radical (unpaired) electrons. The molecule has 122 valence electrons. The van der Waals surface area contributed by atoms with E-state index < -0.39 is 10.0 Å². The minimum absolute atomic E-state index is 0.144. The number of hydrogen-bond donors (Lipinski definition) is 1. The molecule has 1 aliphatic heterocycles. The summed E-state index contributed by atoms with van der Waals surface area (Å²) in [6, 6.07) is 5.64. The summed E-state index contributed by atoms with van der Waals surface area (Å²) in [5.74, 6) is -0.145. The van der Waals surface area contributed by atoms with Gasteiger partial charge < -0.3 is 0 Å². The summed E-state index contributed by atoms with van der Waals surface area (Å²) in [5.41, 5.74) is 2.52. The van der Waals surface area contributed by atoms with Gasteiger partial charge in [-0.25, -0.2) is 23.5 Å². The number of fused-ring (bicyclic) bond motifs is 1. The lowest BCUT2D eigenvalue weighted by molar-refractivity contribution is -0.117. The van der Waals surface area contributed by atoms with Gasteiger partial charge in [-0.3, -0.25) is 9.69 Å². The highest BCUT2D eigenvalue weighted by molar-refractivity contribution is 7.89. The summed E-state index contributed by atoms with van der Waals surface area (Å²) in [6.07, 6.45) is 0.163. The first-order chi connectivity index (χ1) is 10.7. The van der Waals surface area contributed by atoms with E-state index in [1.165, 1.54) is 4.90 Å². The largest absolute Gasteiger partial charge is 0.296 e. The van der Waals surface area contributed by atoms with E-state index in [9.17, 15) is 13.2 Å². The lowest BCUT2D eigenvalue weighted by atomic mass is 10.1. The highest BCUT2D eigenvalue weighted by atomic mass is 32.2.